The van der Waals surface area contributed by atoms with Gasteiger partial charge < -0.3 is 21.3 Å². The molecule has 6 nitrogen and oxygen atoms in total. The smallest absolute Gasteiger partial charge is 0.314 e. The van der Waals surface area contributed by atoms with E-state index in [9.17, 15) is 9.59 Å². The van der Waals surface area contributed by atoms with E-state index in [4.69, 9.17) is 0 Å². The summed E-state index contributed by atoms with van der Waals surface area (Å²) in [5.41, 5.74) is 0. The van der Waals surface area contributed by atoms with E-state index >= 15 is 0 Å². The fraction of sp³-hybridized carbons (Fsp3) is 0.947. The Morgan fingerprint density at radius 3 is 0.614 bits per heavy atom. The number of nitrogens with one attached hydrogen (secondary N) is 4. The van der Waals surface area contributed by atoms with Gasteiger partial charge in [0.2, 0.25) is 0 Å². The fourth-order valence-electron chi connectivity index (χ4n) is 5.82. The molecule has 0 bridgehead atoms. The summed E-state index contributed by atoms with van der Waals surface area (Å²) in [5, 5.41) is 12.0. The maximum Gasteiger partial charge on any atom is 0.314 e. The van der Waals surface area contributed by atoms with Crippen LogP contribution in [0.15, 0.2) is 0 Å². The summed E-state index contributed by atoms with van der Waals surface area (Å²) in [7, 11) is 0. The molecule has 44 heavy (non-hydrogen) atoms. The molecule has 0 fully saturated rings. The van der Waals surface area contributed by atoms with Crippen molar-refractivity contribution in [2.75, 3.05) is 26.2 Å². The van der Waals surface area contributed by atoms with Crippen molar-refractivity contribution in [2.45, 2.75) is 206 Å². The lowest BCUT2D eigenvalue weighted by Gasteiger charge is -2.08. The number of carbonyl (C=O) groups is 2. The summed E-state index contributed by atoms with van der Waals surface area (Å²) in [6.45, 7) is 7.71. The van der Waals surface area contributed by atoms with Crippen LogP contribution in [0.3, 0.4) is 0 Å². The molecule has 4 amide bonds. The minimum absolute atomic E-state index is 0.00102. The Bertz CT molecular complexity index is 537. The van der Waals surface area contributed by atoms with Gasteiger partial charge in [-0.15, -0.1) is 0 Å². The summed E-state index contributed by atoms with van der Waals surface area (Å²) in [6, 6.07) is 0.00203. The van der Waals surface area contributed by atoms with Crippen LogP contribution in [0, 0.1) is 0 Å². The maximum atomic E-state index is 11.9. The van der Waals surface area contributed by atoms with Crippen molar-refractivity contribution < 1.29 is 9.59 Å². The number of rotatable bonds is 35. The Morgan fingerprint density at radius 1 is 0.273 bits per heavy atom. The monoisotopic (exact) mass is 623 g/mol. The lowest BCUT2D eigenvalue weighted by molar-refractivity contribution is 0.239. The van der Waals surface area contributed by atoms with Crippen molar-refractivity contribution in [1.82, 2.24) is 21.3 Å². The van der Waals surface area contributed by atoms with Crippen LogP contribution < -0.4 is 21.3 Å². The van der Waals surface area contributed by atoms with Crippen LogP contribution in [0.2, 0.25) is 0 Å². The normalized spacial score (nSPS) is 11.0. The second-order valence-electron chi connectivity index (χ2n) is 13.3. The van der Waals surface area contributed by atoms with E-state index in [1.54, 1.807) is 0 Å². The Kier molecular flexibility index (Phi) is 36.5. The highest BCUT2D eigenvalue weighted by Gasteiger charge is 2.01. The lowest BCUT2D eigenvalue weighted by Crippen LogP contribution is -2.36. The van der Waals surface area contributed by atoms with E-state index < -0.39 is 0 Å². The minimum atomic E-state index is 0.00102. The average molecular weight is 623 g/mol. The number of amides is 4. The highest BCUT2D eigenvalue weighted by Crippen LogP contribution is 2.12. The van der Waals surface area contributed by atoms with Gasteiger partial charge in [-0.25, -0.2) is 9.59 Å². The molecule has 0 aromatic carbocycles. The maximum absolute atomic E-state index is 11.9. The molecule has 0 heterocycles. The van der Waals surface area contributed by atoms with Crippen LogP contribution in [0.1, 0.15) is 206 Å². The largest absolute Gasteiger partial charge is 0.338 e. The molecule has 0 saturated heterocycles. The van der Waals surface area contributed by atoms with Crippen molar-refractivity contribution in [3.63, 3.8) is 0 Å². The fourth-order valence-corrected chi connectivity index (χ4v) is 5.82. The molecule has 0 atom stereocenters. The molecule has 0 aliphatic carbocycles. The molecule has 0 saturated carbocycles. The minimum Gasteiger partial charge on any atom is -0.338 e. The Balaban J connectivity index is 3.21. The van der Waals surface area contributed by atoms with Gasteiger partial charge in [-0.1, -0.05) is 181 Å². The second-order valence-corrected chi connectivity index (χ2v) is 13.3. The quantitative estimate of drug-likeness (QED) is 0.0530. The number of hydrogen-bond acceptors (Lipinski definition) is 2. The SMILES string of the molecule is CCCCCCCCCCCCNC(=O)NCCCCCCCCCCCCNC(=O)NCCCCCCCCCCCC. The van der Waals surface area contributed by atoms with E-state index in [1.807, 2.05) is 0 Å². The van der Waals surface area contributed by atoms with Gasteiger partial charge in [0.05, 0.1) is 0 Å². The standard InChI is InChI=1S/C38H78N4O2/c1-3-5-7-9-11-13-17-21-25-29-33-39-37(43)41-35-31-27-23-19-15-16-20-24-28-32-36-42-38(44)40-34-30-26-22-18-14-12-10-8-6-4-2/h3-36H2,1-2H3,(H2,39,41,43)(H2,40,42,44). The number of unbranched alkanes of at least 4 members (excludes halogenated alkanes) is 27. The van der Waals surface area contributed by atoms with Crippen molar-refractivity contribution in [1.29, 1.82) is 0 Å². The first-order chi connectivity index (χ1) is 21.7. The Morgan fingerprint density at radius 2 is 0.432 bits per heavy atom. The first kappa shape index (κ1) is 42.5. The van der Waals surface area contributed by atoms with Gasteiger partial charge in [-0.3, -0.25) is 0 Å². The number of carbonyl (C=O) groups excluding carboxylic acids is 2. The highest BCUT2D eigenvalue weighted by atomic mass is 16.2. The third-order valence-corrected chi connectivity index (χ3v) is 8.81. The lowest BCUT2D eigenvalue weighted by atomic mass is 10.1. The van der Waals surface area contributed by atoms with Gasteiger partial charge in [0.1, 0.15) is 0 Å². The molecule has 6 heteroatoms. The van der Waals surface area contributed by atoms with Crippen LogP contribution in [0.5, 0.6) is 0 Å². The van der Waals surface area contributed by atoms with Crippen molar-refractivity contribution in [2.24, 2.45) is 0 Å². The van der Waals surface area contributed by atoms with Gasteiger partial charge in [0.25, 0.3) is 0 Å². The van der Waals surface area contributed by atoms with Crippen LogP contribution in [0.25, 0.3) is 0 Å². The molecule has 0 aliphatic heterocycles. The Hall–Kier alpha value is -1.46. The van der Waals surface area contributed by atoms with Crippen molar-refractivity contribution in [3.05, 3.63) is 0 Å². The zero-order valence-corrected chi connectivity index (χ0v) is 29.9. The van der Waals surface area contributed by atoms with Gasteiger partial charge in [-0.05, 0) is 25.7 Å². The van der Waals surface area contributed by atoms with Crippen LogP contribution in [-0.4, -0.2) is 38.2 Å². The third-order valence-electron chi connectivity index (χ3n) is 8.81. The molecule has 0 radical (unpaired) electrons. The van der Waals surface area contributed by atoms with Crippen LogP contribution in [0.4, 0.5) is 9.59 Å². The van der Waals surface area contributed by atoms with E-state index in [-0.39, 0.29) is 12.1 Å². The van der Waals surface area contributed by atoms with Crippen molar-refractivity contribution in [3.8, 4) is 0 Å². The van der Waals surface area contributed by atoms with E-state index in [0.717, 1.165) is 51.9 Å². The molecule has 0 unspecified atom stereocenters. The molecule has 0 aromatic rings. The summed E-state index contributed by atoms with van der Waals surface area (Å²) >= 11 is 0. The van der Waals surface area contributed by atoms with Crippen LogP contribution in [-0.2, 0) is 0 Å². The first-order valence-electron chi connectivity index (χ1n) is 19.7. The van der Waals surface area contributed by atoms with Crippen molar-refractivity contribution >= 4 is 12.1 Å². The first-order valence-corrected chi connectivity index (χ1v) is 19.7. The number of hydrogen-bond donors (Lipinski definition) is 4. The van der Waals surface area contributed by atoms with Gasteiger partial charge >= 0.3 is 12.1 Å². The zero-order chi connectivity index (χ0) is 32.0. The van der Waals surface area contributed by atoms with E-state index in [1.165, 1.54) is 167 Å². The molecular formula is C38H78N4O2. The van der Waals surface area contributed by atoms with Gasteiger partial charge in [0.15, 0.2) is 0 Å². The molecular weight excluding hydrogens is 544 g/mol. The molecule has 0 aliphatic rings. The molecule has 4 N–H and O–H groups in total. The average Bonchev–Trinajstić information content (AvgIpc) is 3.02. The van der Waals surface area contributed by atoms with Gasteiger partial charge in [-0.2, -0.15) is 0 Å². The zero-order valence-electron chi connectivity index (χ0n) is 29.9. The van der Waals surface area contributed by atoms with E-state index in [2.05, 4.69) is 35.1 Å². The summed E-state index contributed by atoms with van der Waals surface area (Å²) in [4.78, 5) is 23.8. The second kappa shape index (κ2) is 37.7. The third kappa shape index (κ3) is 36.7. The molecule has 262 valence electrons. The van der Waals surface area contributed by atoms with Crippen LogP contribution >= 0.6 is 0 Å². The summed E-state index contributed by atoms with van der Waals surface area (Å²) in [6.07, 6.45) is 38.8. The Labute approximate surface area is 275 Å². The molecule has 0 spiro atoms. The predicted molar refractivity (Wildman–Crippen MR) is 193 cm³/mol. The molecule has 0 aromatic heterocycles. The predicted octanol–water partition coefficient (Wildman–Crippen LogP) is 11.3. The summed E-state index contributed by atoms with van der Waals surface area (Å²) < 4.78 is 0. The highest BCUT2D eigenvalue weighted by molar-refractivity contribution is 5.74. The van der Waals surface area contributed by atoms with Gasteiger partial charge in [0, 0.05) is 26.2 Å². The summed E-state index contributed by atoms with van der Waals surface area (Å²) in [5.74, 6) is 0. The molecule has 0 rings (SSSR count). The topological polar surface area (TPSA) is 82.3 Å². The van der Waals surface area contributed by atoms with E-state index in [0.29, 0.717) is 0 Å². The number of urea groups is 2.